The van der Waals surface area contributed by atoms with Crippen LogP contribution < -0.4 is 4.90 Å². The summed E-state index contributed by atoms with van der Waals surface area (Å²) in [5.41, 5.74) is 0.992. The van der Waals surface area contributed by atoms with Gasteiger partial charge in [0.05, 0.1) is 17.0 Å². The molecule has 0 N–H and O–H groups in total. The minimum absolute atomic E-state index is 0.213. The van der Waals surface area contributed by atoms with Gasteiger partial charge in [0.15, 0.2) is 0 Å². The van der Waals surface area contributed by atoms with Crippen molar-refractivity contribution in [3.05, 3.63) is 24.3 Å². The summed E-state index contributed by atoms with van der Waals surface area (Å²) in [5, 5.41) is 10.1. The first kappa shape index (κ1) is 21.6. The summed E-state index contributed by atoms with van der Waals surface area (Å²) in [5.74, 6) is 3.01. The first-order chi connectivity index (χ1) is 14.9. The zero-order valence-corrected chi connectivity index (χ0v) is 19.6. The number of fused-ring (bicyclic) bond motifs is 1. The van der Waals surface area contributed by atoms with E-state index in [1.807, 2.05) is 21.7 Å². The summed E-state index contributed by atoms with van der Waals surface area (Å²) in [7, 11) is -1.12. The van der Waals surface area contributed by atoms with Gasteiger partial charge < -0.3 is 19.1 Å². The molecule has 1 unspecified atom stereocenters. The Kier molecular flexibility index (Phi) is 5.89. The van der Waals surface area contributed by atoms with Gasteiger partial charge in [0.25, 0.3) is 0 Å². The van der Waals surface area contributed by atoms with Gasteiger partial charge in [0.1, 0.15) is 42.7 Å². The standard InChI is InChI=1S/C22H30N6O2Si/c1-31(2,3)14-13-30-17-27-10-5-18-20(27)24-16-25-21(18)28-9-4-6-22(28)7-11-26(12-8-23)19(22)15-29/h5,10,16H,4,6-7,9,11-14,17H2,1-3H3. The monoisotopic (exact) mass is 438 g/mol. The molecule has 0 aliphatic carbocycles. The second kappa shape index (κ2) is 8.46. The van der Waals surface area contributed by atoms with Crippen LogP contribution in [0.15, 0.2) is 24.3 Å². The third kappa shape index (κ3) is 3.99. The topological polar surface area (TPSA) is 87.3 Å². The zero-order valence-electron chi connectivity index (χ0n) is 18.6. The Labute approximate surface area is 184 Å². The lowest BCUT2D eigenvalue weighted by Crippen LogP contribution is -2.45. The van der Waals surface area contributed by atoms with Crippen molar-refractivity contribution in [1.29, 1.82) is 5.26 Å². The van der Waals surface area contributed by atoms with Crippen LogP contribution in [0.3, 0.4) is 0 Å². The van der Waals surface area contributed by atoms with Gasteiger partial charge in [-0.2, -0.15) is 5.26 Å². The number of likely N-dealkylation sites (tertiary alicyclic amines) is 1. The number of aromatic nitrogens is 3. The molecule has 0 saturated carbocycles. The number of hydrogen-bond acceptors (Lipinski definition) is 7. The Morgan fingerprint density at radius 1 is 1.26 bits per heavy atom. The Hall–Kier alpha value is -2.66. The van der Waals surface area contributed by atoms with Gasteiger partial charge >= 0.3 is 0 Å². The molecule has 0 radical (unpaired) electrons. The minimum Gasteiger partial charge on any atom is -0.361 e. The maximum atomic E-state index is 11.9. The maximum Gasteiger partial charge on any atom is 0.148 e. The molecule has 31 heavy (non-hydrogen) atoms. The summed E-state index contributed by atoms with van der Waals surface area (Å²) in [6.07, 6.45) is 6.22. The molecule has 4 heterocycles. The van der Waals surface area contributed by atoms with Gasteiger partial charge in [-0.1, -0.05) is 19.6 Å². The van der Waals surface area contributed by atoms with Crippen molar-refractivity contribution in [2.75, 3.05) is 31.1 Å². The molecule has 2 aromatic heterocycles. The van der Waals surface area contributed by atoms with Crippen LogP contribution in [-0.4, -0.2) is 65.2 Å². The average Bonchev–Trinajstić information content (AvgIpc) is 3.43. The third-order valence-electron chi connectivity index (χ3n) is 6.42. The van der Waals surface area contributed by atoms with Crippen LogP contribution in [0, 0.1) is 11.3 Å². The number of nitrogens with zero attached hydrogens (tertiary/aromatic N) is 6. The Balaban J connectivity index is 1.61. The van der Waals surface area contributed by atoms with Crippen molar-refractivity contribution in [3.8, 4) is 6.07 Å². The van der Waals surface area contributed by atoms with Gasteiger partial charge in [-0.15, -0.1) is 0 Å². The molecule has 8 nitrogen and oxygen atoms in total. The molecule has 2 aromatic rings. The van der Waals surface area contributed by atoms with Crippen molar-refractivity contribution in [2.45, 2.75) is 57.2 Å². The molecule has 2 saturated heterocycles. The molecule has 2 aliphatic heterocycles. The van der Waals surface area contributed by atoms with E-state index in [0.29, 0.717) is 19.0 Å². The van der Waals surface area contributed by atoms with E-state index in [0.717, 1.165) is 55.3 Å². The highest BCUT2D eigenvalue weighted by atomic mass is 28.3. The Morgan fingerprint density at radius 2 is 2.10 bits per heavy atom. The predicted molar refractivity (Wildman–Crippen MR) is 122 cm³/mol. The van der Waals surface area contributed by atoms with Crippen LogP contribution in [0.25, 0.3) is 11.0 Å². The van der Waals surface area contributed by atoms with E-state index in [1.54, 1.807) is 6.33 Å². The fourth-order valence-corrected chi connectivity index (χ4v) is 5.55. The van der Waals surface area contributed by atoms with E-state index in [-0.39, 0.29) is 6.54 Å². The number of ether oxygens (including phenoxy) is 1. The first-order valence-corrected chi connectivity index (χ1v) is 14.6. The summed E-state index contributed by atoms with van der Waals surface area (Å²) in [6.45, 7) is 9.96. The van der Waals surface area contributed by atoms with Crippen LogP contribution in [0.1, 0.15) is 19.3 Å². The number of anilines is 1. The molecular weight excluding hydrogens is 408 g/mol. The maximum absolute atomic E-state index is 11.9. The quantitative estimate of drug-likeness (QED) is 0.284. The van der Waals surface area contributed by atoms with E-state index in [1.165, 1.54) is 0 Å². The Morgan fingerprint density at radius 3 is 2.84 bits per heavy atom. The van der Waals surface area contributed by atoms with E-state index >= 15 is 0 Å². The van der Waals surface area contributed by atoms with Crippen molar-refractivity contribution in [3.63, 3.8) is 0 Å². The van der Waals surface area contributed by atoms with E-state index in [9.17, 15) is 4.79 Å². The van der Waals surface area contributed by atoms with E-state index in [2.05, 4.69) is 46.5 Å². The fraction of sp³-hybridized carbons (Fsp3) is 0.591. The number of carbonyl (C=O) groups excluding carboxylic acids is 1. The van der Waals surface area contributed by atoms with Crippen LogP contribution in [0.2, 0.25) is 25.7 Å². The van der Waals surface area contributed by atoms with Gasteiger partial charge in [-0.3, -0.25) is 0 Å². The molecule has 2 fully saturated rings. The first-order valence-electron chi connectivity index (χ1n) is 10.9. The molecule has 164 valence electrons. The van der Waals surface area contributed by atoms with Crippen LogP contribution in [-0.2, 0) is 16.3 Å². The van der Waals surface area contributed by atoms with Crippen LogP contribution in [0.5, 0.6) is 0 Å². The largest absolute Gasteiger partial charge is 0.361 e. The van der Waals surface area contributed by atoms with Gasteiger partial charge in [-0.05, 0) is 31.4 Å². The second-order valence-electron chi connectivity index (χ2n) is 9.64. The summed E-state index contributed by atoms with van der Waals surface area (Å²) < 4.78 is 7.94. The summed E-state index contributed by atoms with van der Waals surface area (Å²) >= 11 is 0. The van der Waals surface area contributed by atoms with Gasteiger partial charge in [0.2, 0.25) is 0 Å². The normalized spacial score (nSPS) is 21.3. The molecule has 4 rings (SSSR count). The highest BCUT2D eigenvalue weighted by Crippen LogP contribution is 2.46. The van der Waals surface area contributed by atoms with Gasteiger partial charge in [0, 0.05) is 34.0 Å². The van der Waals surface area contributed by atoms with E-state index in [4.69, 9.17) is 10.00 Å². The molecule has 1 atom stereocenters. The SMILES string of the molecule is C[Si](C)(C)CCOCn1ccc2c(N3CCCC34CCN(CC#N)C4=C=O)ncnc21. The summed E-state index contributed by atoms with van der Waals surface area (Å²) in [6, 6.07) is 5.33. The van der Waals surface area contributed by atoms with Crippen molar-refractivity contribution >= 4 is 30.9 Å². The average molecular weight is 439 g/mol. The van der Waals surface area contributed by atoms with Crippen LogP contribution in [0.4, 0.5) is 5.82 Å². The molecule has 0 amide bonds. The number of rotatable bonds is 7. The van der Waals surface area contributed by atoms with Gasteiger partial charge in [-0.25, -0.2) is 14.8 Å². The van der Waals surface area contributed by atoms with E-state index < -0.39 is 13.6 Å². The zero-order chi connectivity index (χ0) is 22.1. The minimum atomic E-state index is -1.12. The molecule has 1 spiro atoms. The molecular formula is C22H30N6O2Si. The lowest BCUT2D eigenvalue weighted by Gasteiger charge is -2.36. The van der Waals surface area contributed by atoms with Crippen molar-refractivity contribution in [1.82, 2.24) is 19.4 Å². The van der Waals surface area contributed by atoms with Crippen molar-refractivity contribution in [2.24, 2.45) is 0 Å². The second-order valence-corrected chi connectivity index (χ2v) is 15.3. The number of nitriles is 1. The Bertz CT molecular complexity index is 1050. The molecule has 2 aliphatic rings. The molecule has 0 bridgehead atoms. The predicted octanol–water partition coefficient (Wildman–Crippen LogP) is 3.03. The third-order valence-corrected chi connectivity index (χ3v) is 8.12. The lowest BCUT2D eigenvalue weighted by atomic mass is 9.92. The fourth-order valence-electron chi connectivity index (χ4n) is 4.79. The molecule has 0 aromatic carbocycles. The molecule has 9 heteroatoms. The van der Waals surface area contributed by atoms with Crippen LogP contribution >= 0.6 is 0 Å². The highest BCUT2D eigenvalue weighted by molar-refractivity contribution is 6.76. The smallest absolute Gasteiger partial charge is 0.148 e. The summed E-state index contributed by atoms with van der Waals surface area (Å²) in [4.78, 5) is 25.2. The van der Waals surface area contributed by atoms with Crippen molar-refractivity contribution < 1.29 is 9.53 Å². The number of hydrogen-bond donors (Lipinski definition) is 0. The lowest BCUT2D eigenvalue weighted by molar-refractivity contribution is 0.0899. The highest BCUT2D eigenvalue weighted by Gasteiger charge is 2.51.